The third-order valence-electron chi connectivity index (χ3n) is 6.70. The second-order valence-electron chi connectivity index (χ2n) is 8.97. The summed E-state index contributed by atoms with van der Waals surface area (Å²) in [5.74, 6) is 0.779. The average molecular weight is 549 g/mol. The number of methoxy groups -OCH3 is 1. The highest BCUT2D eigenvalue weighted by Gasteiger charge is 2.30. The van der Waals surface area contributed by atoms with Gasteiger partial charge in [-0.25, -0.2) is 8.42 Å². The zero-order valence-electron chi connectivity index (χ0n) is 20.4. The van der Waals surface area contributed by atoms with Crippen molar-refractivity contribution in [3.63, 3.8) is 0 Å². The lowest BCUT2D eigenvalue weighted by atomic mass is 9.92. The smallest absolute Gasteiger partial charge is 0.232 e. The van der Waals surface area contributed by atoms with Crippen LogP contribution in [-0.4, -0.2) is 45.9 Å². The van der Waals surface area contributed by atoms with Crippen LogP contribution in [0.3, 0.4) is 0 Å². The molecule has 1 saturated heterocycles. The SMILES string of the molecule is COc1ccc(N(C2CCCC2)S(C)(=O)=O)cc1CNC1CCCNC1c1ccccc1.Cl.Cl.O. The van der Waals surface area contributed by atoms with Gasteiger partial charge in [0.2, 0.25) is 10.0 Å². The second kappa shape index (κ2) is 14.3. The van der Waals surface area contributed by atoms with E-state index in [1.807, 2.05) is 24.3 Å². The molecule has 1 aliphatic heterocycles. The van der Waals surface area contributed by atoms with Crippen LogP contribution >= 0.6 is 24.8 Å². The van der Waals surface area contributed by atoms with Gasteiger partial charge in [-0.2, -0.15) is 0 Å². The molecule has 0 bridgehead atoms. The Hall–Kier alpha value is -1.55. The van der Waals surface area contributed by atoms with Gasteiger partial charge in [0.15, 0.2) is 0 Å². The topological polar surface area (TPSA) is 102 Å². The number of ether oxygens (including phenoxy) is 1. The van der Waals surface area contributed by atoms with Gasteiger partial charge in [-0.05, 0) is 56.0 Å². The number of hydrogen-bond acceptors (Lipinski definition) is 5. The Kier molecular flexibility index (Phi) is 12.8. The fraction of sp³-hybridized carbons (Fsp3) is 0.520. The molecule has 1 aliphatic carbocycles. The van der Waals surface area contributed by atoms with Gasteiger partial charge in [0.05, 0.1) is 19.1 Å². The standard InChI is InChI=1S/C25H35N3O3S.2ClH.H2O/c1-31-24-15-14-22(28(32(2,29)30)21-11-6-7-12-21)17-20(24)18-27-23-13-8-16-26-25(23)19-9-4-3-5-10-19;;;/h3-5,9-10,14-15,17,21,23,25-27H,6-8,11-13,16,18H2,1-2H3;2*1H;1H2. The minimum Gasteiger partial charge on any atom is -0.496 e. The Morgan fingerprint density at radius 3 is 2.34 bits per heavy atom. The Balaban J connectivity index is 0.00000204. The first-order chi connectivity index (χ1) is 15.5. The molecular formula is C25H39Cl2N3O4S. The van der Waals surface area contributed by atoms with Crippen molar-refractivity contribution in [2.24, 2.45) is 0 Å². The maximum absolute atomic E-state index is 12.7. The predicted molar refractivity (Wildman–Crippen MR) is 148 cm³/mol. The van der Waals surface area contributed by atoms with E-state index in [-0.39, 0.29) is 42.4 Å². The Bertz CT molecular complexity index is 1010. The van der Waals surface area contributed by atoms with E-state index in [1.54, 1.807) is 11.4 Å². The lowest BCUT2D eigenvalue weighted by Crippen LogP contribution is -2.45. The minimum absolute atomic E-state index is 0. The van der Waals surface area contributed by atoms with Gasteiger partial charge in [0.25, 0.3) is 0 Å². The van der Waals surface area contributed by atoms with Crippen LogP contribution in [0.15, 0.2) is 48.5 Å². The molecule has 4 N–H and O–H groups in total. The first-order valence-corrected chi connectivity index (χ1v) is 13.5. The maximum atomic E-state index is 12.7. The van der Waals surface area contributed by atoms with Crippen molar-refractivity contribution in [3.05, 3.63) is 59.7 Å². The van der Waals surface area contributed by atoms with Crippen LogP contribution in [-0.2, 0) is 16.6 Å². The molecular weight excluding hydrogens is 509 g/mol. The number of nitrogens with one attached hydrogen (secondary N) is 2. The van der Waals surface area contributed by atoms with Crippen molar-refractivity contribution in [2.45, 2.75) is 63.2 Å². The number of piperidine rings is 1. The molecule has 2 fully saturated rings. The number of benzene rings is 2. The highest BCUT2D eigenvalue weighted by molar-refractivity contribution is 7.92. The van der Waals surface area contributed by atoms with Crippen LogP contribution in [0.2, 0.25) is 0 Å². The average Bonchev–Trinajstić information content (AvgIpc) is 3.32. The molecule has 0 amide bonds. The molecule has 10 heteroatoms. The van der Waals surface area contributed by atoms with Gasteiger partial charge in [-0.3, -0.25) is 4.31 Å². The van der Waals surface area contributed by atoms with E-state index >= 15 is 0 Å². The fourth-order valence-corrected chi connectivity index (χ4v) is 6.46. The molecule has 1 heterocycles. The van der Waals surface area contributed by atoms with Gasteiger partial charge >= 0.3 is 0 Å². The van der Waals surface area contributed by atoms with Gasteiger partial charge in [-0.1, -0.05) is 43.2 Å². The quantitative estimate of drug-likeness (QED) is 0.519. The van der Waals surface area contributed by atoms with E-state index in [1.165, 1.54) is 11.8 Å². The van der Waals surface area contributed by atoms with Crippen molar-refractivity contribution < 1.29 is 18.6 Å². The summed E-state index contributed by atoms with van der Waals surface area (Å²) in [7, 11) is -1.69. The summed E-state index contributed by atoms with van der Waals surface area (Å²) in [5.41, 5.74) is 3.00. The highest BCUT2D eigenvalue weighted by Crippen LogP contribution is 2.33. The number of anilines is 1. The van der Waals surface area contributed by atoms with Crippen LogP contribution in [0, 0.1) is 0 Å². The van der Waals surface area contributed by atoms with Crippen LogP contribution < -0.4 is 19.7 Å². The van der Waals surface area contributed by atoms with E-state index in [0.717, 1.165) is 62.1 Å². The van der Waals surface area contributed by atoms with E-state index in [4.69, 9.17) is 4.74 Å². The summed E-state index contributed by atoms with van der Waals surface area (Å²) < 4.78 is 32.6. The molecule has 2 unspecified atom stereocenters. The number of sulfonamides is 1. The summed E-state index contributed by atoms with van der Waals surface area (Å²) in [6.07, 6.45) is 7.52. The summed E-state index contributed by atoms with van der Waals surface area (Å²) >= 11 is 0. The minimum atomic E-state index is -3.36. The largest absolute Gasteiger partial charge is 0.496 e. The van der Waals surface area contributed by atoms with Gasteiger partial charge in [0.1, 0.15) is 5.75 Å². The fourth-order valence-electron chi connectivity index (χ4n) is 5.21. The predicted octanol–water partition coefficient (Wildman–Crippen LogP) is 4.01. The lowest BCUT2D eigenvalue weighted by Gasteiger charge is -2.34. The van der Waals surface area contributed by atoms with E-state index < -0.39 is 10.0 Å². The molecule has 35 heavy (non-hydrogen) atoms. The summed E-state index contributed by atoms with van der Waals surface area (Å²) in [5, 5.41) is 7.38. The third kappa shape index (κ3) is 7.71. The number of rotatable bonds is 8. The highest BCUT2D eigenvalue weighted by atomic mass is 35.5. The molecule has 0 aromatic heterocycles. The van der Waals surface area contributed by atoms with Gasteiger partial charge in [-0.15, -0.1) is 24.8 Å². The van der Waals surface area contributed by atoms with Crippen molar-refractivity contribution in [1.29, 1.82) is 0 Å². The number of halogens is 2. The number of nitrogens with zero attached hydrogens (tertiary/aromatic N) is 1. The van der Waals surface area contributed by atoms with Crippen molar-refractivity contribution >= 4 is 40.5 Å². The molecule has 4 rings (SSSR count). The Morgan fingerprint density at radius 1 is 1.03 bits per heavy atom. The zero-order chi connectivity index (χ0) is 22.6. The molecule has 0 radical (unpaired) electrons. The number of hydrogen-bond donors (Lipinski definition) is 2. The maximum Gasteiger partial charge on any atom is 0.232 e. The molecule has 7 nitrogen and oxygen atoms in total. The van der Waals surface area contributed by atoms with Crippen molar-refractivity contribution in [2.75, 3.05) is 24.2 Å². The molecule has 2 atom stereocenters. The van der Waals surface area contributed by atoms with Crippen LogP contribution in [0.1, 0.15) is 55.7 Å². The molecule has 2 aromatic carbocycles. The van der Waals surface area contributed by atoms with E-state index in [2.05, 4.69) is 34.9 Å². The monoisotopic (exact) mass is 547 g/mol. The first kappa shape index (κ1) is 31.5. The van der Waals surface area contributed by atoms with E-state index in [9.17, 15) is 8.42 Å². The molecule has 2 aromatic rings. The molecule has 2 aliphatic rings. The van der Waals surface area contributed by atoms with Crippen LogP contribution in [0.4, 0.5) is 5.69 Å². The molecule has 1 saturated carbocycles. The summed E-state index contributed by atoms with van der Waals surface area (Å²) in [6.45, 7) is 1.64. The first-order valence-electron chi connectivity index (χ1n) is 11.7. The molecule has 0 spiro atoms. The molecule has 198 valence electrons. The third-order valence-corrected chi connectivity index (χ3v) is 7.93. The van der Waals surface area contributed by atoms with Crippen LogP contribution in [0.25, 0.3) is 0 Å². The van der Waals surface area contributed by atoms with Crippen LogP contribution in [0.5, 0.6) is 5.75 Å². The van der Waals surface area contributed by atoms with Gasteiger partial charge < -0.3 is 20.8 Å². The summed E-state index contributed by atoms with van der Waals surface area (Å²) in [4.78, 5) is 0. The van der Waals surface area contributed by atoms with Crippen molar-refractivity contribution in [3.8, 4) is 5.75 Å². The van der Waals surface area contributed by atoms with Gasteiger partial charge in [0, 0.05) is 30.2 Å². The lowest BCUT2D eigenvalue weighted by molar-refractivity contribution is 0.303. The Morgan fingerprint density at radius 2 is 1.71 bits per heavy atom. The zero-order valence-corrected chi connectivity index (χ0v) is 22.9. The Labute approximate surface area is 222 Å². The summed E-state index contributed by atoms with van der Waals surface area (Å²) in [6, 6.07) is 16.9. The second-order valence-corrected chi connectivity index (χ2v) is 10.8. The normalized spacial score (nSPS) is 20.2. The van der Waals surface area contributed by atoms with Crippen molar-refractivity contribution in [1.82, 2.24) is 10.6 Å². The van der Waals surface area contributed by atoms with E-state index in [0.29, 0.717) is 12.6 Å².